The molecule has 2 aromatic heterocycles. The van der Waals surface area contributed by atoms with E-state index in [1.807, 2.05) is 23.3 Å². The van der Waals surface area contributed by atoms with Gasteiger partial charge in [0.05, 0.1) is 6.33 Å². The highest BCUT2D eigenvalue weighted by Crippen LogP contribution is 2.20. The first-order chi connectivity index (χ1) is 8.86. The highest BCUT2D eigenvalue weighted by Gasteiger charge is 2.04. The summed E-state index contributed by atoms with van der Waals surface area (Å²) < 4.78 is 2.04. The zero-order valence-corrected chi connectivity index (χ0v) is 10.0. The van der Waals surface area contributed by atoms with Crippen LogP contribution >= 0.6 is 0 Å². The molecule has 0 atom stereocenters. The molecule has 0 fully saturated rings. The van der Waals surface area contributed by atoms with E-state index in [0.29, 0.717) is 6.42 Å². The Kier molecular flexibility index (Phi) is 2.86. The zero-order valence-electron chi connectivity index (χ0n) is 10.0. The number of hydrogen-bond acceptors (Lipinski definition) is 2. The van der Waals surface area contributed by atoms with Crippen molar-refractivity contribution in [2.45, 2.75) is 13.0 Å². The molecule has 4 nitrogen and oxygen atoms in total. The van der Waals surface area contributed by atoms with Crippen LogP contribution in [0.1, 0.15) is 11.1 Å². The van der Waals surface area contributed by atoms with E-state index in [0.717, 1.165) is 12.1 Å². The first-order valence-corrected chi connectivity index (χ1v) is 6.02. The number of aliphatic hydroxyl groups excluding tert-OH is 1. The van der Waals surface area contributed by atoms with Crippen LogP contribution in [0.2, 0.25) is 0 Å². The summed E-state index contributed by atoms with van der Waals surface area (Å²) >= 11 is 0. The van der Waals surface area contributed by atoms with Gasteiger partial charge in [-0.3, -0.25) is 0 Å². The molecule has 0 unspecified atom stereocenters. The number of fused-ring (bicyclic) bond motifs is 1. The number of rotatable bonds is 4. The number of hydrogen-bond donors (Lipinski definition) is 2. The van der Waals surface area contributed by atoms with Gasteiger partial charge in [-0.05, 0) is 29.7 Å². The molecule has 0 aliphatic rings. The minimum absolute atomic E-state index is 0.179. The lowest BCUT2D eigenvalue weighted by Gasteiger charge is -2.03. The number of nitrogens with one attached hydrogen (secondary N) is 1. The van der Waals surface area contributed by atoms with E-state index < -0.39 is 0 Å². The molecular weight excluding hydrogens is 226 g/mol. The van der Waals surface area contributed by atoms with Gasteiger partial charge in [-0.1, -0.05) is 6.07 Å². The lowest BCUT2D eigenvalue weighted by Crippen LogP contribution is -1.96. The Hall–Kier alpha value is -2.07. The fourth-order valence-corrected chi connectivity index (χ4v) is 2.24. The Morgan fingerprint density at radius 3 is 3.06 bits per heavy atom. The van der Waals surface area contributed by atoms with Crippen LogP contribution in [0.25, 0.3) is 10.9 Å². The van der Waals surface area contributed by atoms with Crippen molar-refractivity contribution in [2.75, 3.05) is 6.61 Å². The number of benzene rings is 1. The van der Waals surface area contributed by atoms with Crippen molar-refractivity contribution in [3.05, 3.63) is 54.2 Å². The van der Waals surface area contributed by atoms with Gasteiger partial charge in [-0.15, -0.1) is 0 Å². The molecule has 0 aliphatic carbocycles. The number of H-pyrrole nitrogens is 1. The van der Waals surface area contributed by atoms with Crippen LogP contribution in [0.4, 0.5) is 0 Å². The Morgan fingerprint density at radius 1 is 1.33 bits per heavy atom. The summed E-state index contributed by atoms with van der Waals surface area (Å²) in [6, 6.07) is 6.38. The normalized spacial score (nSPS) is 11.2. The summed E-state index contributed by atoms with van der Waals surface area (Å²) in [6.45, 7) is 0.998. The van der Waals surface area contributed by atoms with Gasteiger partial charge in [0.1, 0.15) is 0 Å². The van der Waals surface area contributed by atoms with Gasteiger partial charge in [0.15, 0.2) is 0 Å². The van der Waals surface area contributed by atoms with Gasteiger partial charge in [0, 0.05) is 42.6 Å². The average molecular weight is 241 g/mol. The third-order valence-electron chi connectivity index (χ3n) is 3.14. The van der Waals surface area contributed by atoms with Crippen LogP contribution in [-0.4, -0.2) is 26.2 Å². The lowest BCUT2D eigenvalue weighted by molar-refractivity contribution is 0.300. The van der Waals surface area contributed by atoms with Gasteiger partial charge >= 0.3 is 0 Å². The third kappa shape index (κ3) is 2.02. The average Bonchev–Trinajstić information content (AvgIpc) is 3.00. The minimum atomic E-state index is 0.179. The number of aromatic amines is 1. The van der Waals surface area contributed by atoms with E-state index in [2.05, 4.69) is 28.2 Å². The predicted molar refractivity (Wildman–Crippen MR) is 70.4 cm³/mol. The van der Waals surface area contributed by atoms with Crippen LogP contribution < -0.4 is 0 Å². The Morgan fingerprint density at radius 2 is 2.28 bits per heavy atom. The molecule has 3 aromatic rings. The highest BCUT2D eigenvalue weighted by atomic mass is 16.2. The maximum atomic E-state index is 9.05. The van der Waals surface area contributed by atoms with Crippen LogP contribution in [0.5, 0.6) is 0 Å². The Balaban J connectivity index is 1.96. The molecule has 4 heteroatoms. The molecule has 2 N–H and O–H groups in total. The van der Waals surface area contributed by atoms with Crippen molar-refractivity contribution in [2.24, 2.45) is 0 Å². The maximum Gasteiger partial charge on any atom is 0.0949 e. The minimum Gasteiger partial charge on any atom is -0.396 e. The molecule has 0 radical (unpaired) electrons. The van der Waals surface area contributed by atoms with Crippen molar-refractivity contribution in [1.29, 1.82) is 0 Å². The number of nitrogens with zero attached hydrogens (tertiary/aromatic N) is 2. The molecular formula is C14H15N3O. The summed E-state index contributed by atoms with van der Waals surface area (Å²) in [5.74, 6) is 0. The van der Waals surface area contributed by atoms with E-state index in [-0.39, 0.29) is 6.61 Å². The predicted octanol–water partition coefficient (Wildman–Crippen LogP) is 1.95. The molecule has 0 aliphatic heterocycles. The Bertz CT molecular complexity index is 640. The summed E-state index contributed by atoms with van der Waals surface area (Å²) in [5.41, 5.74) is 3.52. The standard InChI is InChI=1S/C14H15N3O/c18-6-3-12-8-16-14-2-1-11(7-13(12)14)9-17-5-4-15-10-17/h1-2,4-5,7-8,10,16,18H,3,6,9H2. The van der Waals surface area contributed by atoms with E-state index in [1.165, 1.54) is 16.5 Å². The fraction of sp³-hybridized carbons (Fsp3) is 0.214. The second-order valence-electron chi connectivity index (χ2n) is 4.40. The van der Waals surface area contributed by atoms with Gasteiger partial charge in [-0.25, -0.2) is 4.98 Å². The highest BCUT2D eigenvalue weighted by molar-refractivity contribution is 5.83. The van der Waals surface area contributed by atoms with E-state index in [9.17, 15) is 0 Å². The van der Waals surface area contributed by atoms with Gasteiger partial charge in [-0.2, -0.15) is 0 Å². The third-order valence-corrected chi connectivity index (χ3v) is 3.14. The van der Waals surface area contributed by atoms with Crippen LogP contribution in [0.3, 0.4) is 0 Å². The molecule has 3 rings (SSSR count). The van der Waals surface area contributed by atoms with Crippen molar-refractivity contribution < 1.29 is 5.11 Å². The first-order valence-electron chi connectivity index (χ1n) is 6.02. The molecule has 2 heterocycles. The van der Waals surface area contributed by atoms with Crippen molar-refractivity contribution >= 4 is 10.9 Å². The van der Waals surface area contributed by atoms with E-state index in [4.69, 9.17) is 5.11 Å². The molecule has 0 spiro atoms. The van der Waals surface area contributed by atoms with Crippen LogP contribution in [-0.2, 0) is 13.0 Å². The second-order valence-corrected chi connectivity index (χ2v) is 4.40. The summed E-state index contributed by atoms with van der Waals surface area (Å²) in [5, 5.41) is 10.2. The SMILES string of the molecule is OCCc1c[nH]c2ccc(Cn3ccnc3)cc12. The maximum absolute atomic E-state index is 9.05. The topological polar surface area (TPSA) is 53.8 Å². The molecule has 0 saturated heterocycles. The van der Waals surface area contributed by atoms with Crippen molar-refractivity contribution in [1.82, 2.24) is 14.5 Å². The number of aromatic nitrogens is 3. The summed E-state index contributed by atoms with van der Waals surface area (Å²) in [7, 11) is 0. The van der Waals surface area contributed by atoms with Crippen molar-refractivity contribution in [3.63, 3.8) is 0 Å². The van der Waals surface area contributed by atoms with E-state index in [1.54, 1.807) is 6.20 Å². The van der Waals surface area contributed by atoms with Gasteiger partial charge in [0.25, 0.3) is 0 Å². The monoisotopic (exact) mass is 241 g/mol. The molecule has 0 amide bonds. The van der Waals surface area contributed by atoms with Crippen LogP contribution in [0.15, 0.2) is 43.1 Å². The van der Waals surface area contributed by atoms with Crippen molar-refractivity contribution in [3.8, 4) is 0 Å². The molecule has 92 valence electrons. The number of aliphatic hydroxyl groups is 1. The smallest absolute Gasteiger partial charge is 0.0949 e. The zero-order chi connectivity index (χ0) is 12.4. The second kappa shape index (κ2) is 4.66. The number of imidazole rings is 1. The van der Waals surface area contributed by atoms with Gasteiger partial charge < -0.3 is 14.7 Å². The fourth-order valence-electron chi connectivity index (χ4n) is 2.24. The Labute approximate surface area is 105 Å². The first kappa shape index (κ1) is 11.0. The van der Waals surface area contributed by atoms with E-state index >= 15 is 0 Å². The molecule has 18 heavy (non-hydrogen) atoms. The summed E-state index contributed by atoms with van der Waals surface area (Å²) in [6.07, 6.45) is 8.22. The lowest BCUT2D eigenvalue weighted by atomic mass is 10.1. The van der Waals surface area contributed by atoms with Crippen LogP contribution in [0, 0.1) is 0 Å². The summed E-state index contributed by atoms with van der Waals surface area (Å²) in [4.78, 5) is 7.27. The molecule has 1 aromatic carbocycles. The molecule has 0 saturated carbocycles. The van der Waals surface area contributed by atoms with Gasteiger partial charge in [0.2, 0.25) is 0 Å². The molecule has 0 bridgehead atoms. The largest absolute Gasteiger partial charge is 0.396 e. The quantitative estimate of drug-likeness (QED) is 0.733.